The molecule has 0 atom stereocenters. The fourth-order valence-electron chi connectivity index (χ4n) is 2.38. The number of nitrogens with two attached hydrogens (primary N) is 1. The molecule has 0 unspecified atom stereocenters. The first-order valence-corrected chi connectivity index (χ1v) is 7.73. The molecule has 0 fully saturated rings. The maximum absolute atomic E-state index is 12.4. The highest BCUT2D eigenvalue weighted by molar-refractivity contribution is 5.82. The molecule has 3 N–H and O–H groups in total. The zero-order valence-corrected chi connectivity index (χ0v) is 13.7. The maximum Gasteiger partial charge on any atom is 0.227 e. The maximum atomic E-state index is 12.4. The van der Waals surface area contributed by atoms with E-state index in [0.717, 1.165) is 32.2 Å². The number of hydrogen-bond acceptors (Lipinski definition) is 4. The molecule has 0 aromatic heterocycles. The standard InChI is InChI=1S/C15H33N3O2/c1-5-7-15(13-16,8-6-2)14(19)17-9-11-20-12-10-18(3)4/h5-13,16H2,1-4H3,(H,17,19). The van der Waals surface area contributed by atoms with Crippen molar-refractivity contribution in [2.75, 3.05) is 46.9 Å². The summed E-state index contributed by atoms with van der Waals surface area (Å²) in [6, 6.07) is 0. The summed E-state index contributed by atoms with van der Waals surface area (Å²) in [5.74, 6) is 0.0832. The Morgan fingerprint density at radius 1 is 1.20 bits per heavy atom. The van der Waals surface area contributed by atoms with Gasteiger partial charge in [-0.3, -0.25) is 4.79 Å². The van der Waals surface area contributed by atoms with Gasteiger partial charge in [0.15, 0.2) is 0 Å². The van der Waals surface area contributed by atoms with Crippen LogP contribution in [0, 0.1) is 5.41 Å². The zero-order valence-electron chi connectivity index (χ0n) is 13.7. The number of nitrogens with one attached hydrogen (secondary N) is 1. The lowest BCUT2D eigenvalue weighted by molar-refractivity contribution is -0.131. The van der Waals surface area contributed by atoms with Crippen molar-refractivity contribution in [2.24, 2.45) is 11.1 Å². The van der Waals surface area contributed by atoms with Crippen LogP contribution in [0.2, 0.25) is 0 Å². The van der Waals surface area contributed by atoms with Crippen molar-refractivity contribution in [2.45, 2.75) is 39.5 Å². The summed E-state index contributed by atoms with van der Waals surface area (Å²) in [4.78, 5) is 14.4. The number of likely N-dealkylation sites (N-methyl/N-ethyl adjacent to an activating group) is 1. The molecule has 0 aliphatic carbocycles. The molecule has 0 rings (SSSR count). The summed E-state index contributed by atoms with van der Waals surface area (Å²) < 4.78 is 5.47. The molecule has 0 aromatic rings. The van der Waals surface area contributed by atoms with Crippen molar-refractivity contribution in [3.05, 3.63) is 0 Å². The molecular formula is C15H33N3O2. The number of rotatable bonds is 12. The molecule has 0 aliphatic rings. The number of nitrogens with zero attached hydrogens (tertiary/aromatic N) is 1. The van der Waals surface area contributed by atoms with Gasteiger partial charge in [-0.05, 0) is 26.9 Å². The summed E-state index contributed by atoms with van der Waals surface area (Å²) >= 11 is 0. The first kappa shape index (κ1) is 19.4. The van der Waals surface area contributed by atoms with Crippen molar-refractivity contribution >= 4 is 5.91 Å². The van der Waals surface area contributed by atoms with Gasteiger partial charge in [-0.25, -0.2) is 0 Å². The molecule has 0 saturated heterocycles. The molecular weight excluding hydrogens is 254 g/mol. The van der Waals surface area contributed by atoms with Crippen LogP contribution in [-0.2, 0) is 9.53 Å². The van der Waals surface area contributed by atoms with E-state index in [2.05, 4.69) is 24.1 Å². The van der Waals surface area contributed by atoms with Crippen LogP contribution in [-0.4, -0.2) is 57.8 Å². The second-order valence-corrected chi connectivity index (χ2v) is 5.66. The van der Waals surface area contributed by atoms with Gasteiger partial charge in [0, 0.05) is 19.6 Å². The lowest BCUT2D eigenvalue weighted by atomic mass is 9.78. The topological polar surface area (TPSA) is 67.6 Å². The summed E-state index contributed by atoms with van der Waals surface area (Å²) in [6.45, 7) is 7.30. The van der Waals surface area contributed by atoms with Gasteiger partial charge in [0.25, 0.3) is 0 Å². The summed E-state index contributed by atoms with van der Waals surface area (Å²) in [6.07, 6.45) is 3.66. The van der Waals surface area contributed by atoms with E-state index in [1.165, 1.54) is 0 Å². The molecule has 120 valence electrons. The Balaban J connectivity index is 4.07. The Morgan fingerprint density at radius 3 is 2.25 bits per heavy atom. The van der Waals surface area contributed by atoms with E-state index < -0.39 is 5.41 Å². The van der Waals surface area contributed by atoms with Crippen LogP contribution in [0.5, 0.6) is 0 Å². The van der Waals surface area contributed by atoms with Gasteiger partial charge in [-0.1, -0.05) is 26.7 Å². The largest absolute Gasteiger partial charge is 0.378 e. The van der Waals surface area contributed by atoms with Crippen LogP contribution in [0.4, 0.5) is 0 Å². The minimum atomic E-state index is -0.396. The molecule has 5 heteroatoms. The predicted molar refractivity (Wildman–Crippen MR) is 83.7 cm³/mol. The Labute approximate surface area is 124 Å². The molecule has 5 nitrogen and oxygen atoms in total. The fourth-order valence-corrected chi connectivity index (χ4v) is 2.38. The quantitative estimate of drug-likeness (QED) is 0.530. The molecule has 1 amide bonds. The normalized spacial score (nSPS) is 11.9. The van der Waals surface area contributed by atoms with E-state index in [1.54, 1.807) is 0 Å². The smallest absolute Gasteiger partial charge is 0.227 e. The van der Waals surface area contributed by atoms with E-state index in [0.29, 0.717) is 26.3 Å². The van der Waals surface area contributed by atoms with Crippen molar-refractivity contribution in [3.8, 4) is 0 Å². The minimum Gasteiger partial charge on any atom is -0.378 e. The average molecular weight is 287 g/mol. The van der Waals surface area contributed by atoms with Crippen LogP contribution in [0.1, 0.15) is 39.5 Å². The molecule has 0 bridgehead atoms. The second-order valence-electron chi connectivity index (χ2n) is 5.66. The van der Waals surface area contributed by atoms with E-state index in [-0.39, 0.29) is 5.91 Å². The molecule has 0 saturated carbocycles. The highest BCUT2D eigenvalue weighted by atomic mass is 16.5. The average Bonchev–Trinajstić information content (AvgIpc) is 2.41. The van der Waals surface area contributed by atoms with Gasteiger partial charge in [0.1, 0.15) is 0 Å². The van der Waals surface area contributed by atoms with Crippen molar-refractivity contribution in [1.82, 2.24) is 10.2 Å². The highest BCUT2D eigenvalue weighted by Gasteiger charge is 2.34. The number of amides is 1. The van der Waals surface area contributed by atoms with E-state index >= 15 is 0 Å². The van der Waals surface area contributed by atoms with Gasteiger partial charge in [-0.2, -0.15) is 0 Å². The number of carbonyl (C=O) groups excluding carboxylic acids is 1. The first-order valence-electron chi connectivity index (χ1n) is 7.73. The Bertz CT molecular complexity index is 252. The Hall–Kier alpha value is -0.650. The van der Waals surface area contributed by atoms with E-state index in [1.807, 2.05) is 14.1 Å². The van der Waals surface area contributed by atoms with Gasteiger partial charge in [0.05, 0.1) is 18.6 Å². The van der Waals surface area contributed by atoms with E-state index in [9.17, 15) is 4.79 Å². The lowest BCUT2D eigenvalue weighted by Crippen LogP contribution is -2.46. The second kappa shape index (κ2) is 11.1. The number of hydrogen-bond donors (Lipinski definition) is 2. The van der Waals surface area contributed by atoms with Crippen LogP contribution in [0.25, 0.3) is 0 Å². The van der Waals surface area contributed by atoms with Crippen molar-refractivity contribution in [1.29, 1.82) is 0 Å². The summed E-state index contributed by atoms with van der Waals surface area (Å²) in [5.41, 5.74) is 5.47. The zero-order chi connectivity index (χ0) is 15.4. The van der Waals surface area contributed by atoms with Crippen LogP contribution >= 0.6 is 0 Å². The SMILES string of the molecule is CCCC(CN)(CCC)C(=O)NCCOCCN(C)C. The molecule has 0 aliphatic heterocycles. The Kier molecular flexibility index (Phi) is 10.7. The Morgan fingerprint density at radius 2 is 1.80 bits per heavy atom. The van der Waals surface area contributed by atoms with Gasteiger partial charge < -0.3 is 20.7 Å². The third-order valence-electron chi connectivity index (χ3n) is 3.54. The van der Waals surface area contributed by atoms with Crippen molar-refractivity contribution in [3.63, 3.8) is 0 Å². The summed E-state index contributed by atoms with van der Waals surface area (Å²) in [7, 11) is 4.02. The van der Waals surface area contributed by atoms with Crippen LogP contribution in [0.3, 0.4) is 0 Å². The molecule has 20 heavy (non-hydrogen) atoms. The van der Waals surface area contributed by atoms with E-state index in [4.69, 9.17) is 10.5 Å². The van der Waals surface area contributed by atoms with Crippen LogP contribution in [0.15, 0.2) is 0 Å². The fraction of sp³-hybridized carbons (Fsp3) is 0.933. The predicted octanol–water partition coefficient (Wildman–Crippen LogP) is 1.23. The van der Waals surface area contributed by atoms with Crippen molar-refractivity contribution < 1.29 is 9.53 Å². The third kappa shape index (κ3) is 7.22. The monoisotopic (exact) mass is 287 g/mol. The van der Waals surface area contributed by atoms with Crippen LogP contribution < -0.4 is 11.1 Å². The van der Waals surface area contributed by atoms with Gasteiger partial charge in [-0.15, -0.1) is 0 Å². The van der Waals surface area contributed by atoms with Gasteiger partial charge in [0.2, 0.25) is 5.91 Å². The molecule has 0 spiro atoms. The lowest BCUT2D eigenvalue weighted by Gasteiger charge is -2.30. The highest BCUT2D eigenvalue weighted by Crippen LogP contribution is 2.28. The number of ether oxygens (including phenoxy) is 1. The summed E-state index contributed by atoms with van der Waals surface area (Å²) in [5, 5.41) is 2.97. The minimum absolute atomic E-state index is 0.0832. The molecule has 0 radical (unpaired) electrons. The third-order valence-corrected chi connectivity index (χ3v) is 3.54. The number of carbonyl (C=O) groups is 1. The first-order chi connectivity index (χ1) is 9.52. The molecule has 0 heterocycles. The van der Waals surface area contributed by atoms with Gasteiger partial charge >= 0.3 is 0 Å². The molecule has 0 aromatic carbocycles.